The summed E-state index contributed by atoms with van der Waals surface area (Å²) in [5.41, 5.74) is 1.50. The maximum absolute atomic E-state index is 12.8. The predicted molar refractivity (Wildman–Crippen MR) is 116 cm³/mol. The highest BCUT2D eigenvalue weighted by molar-refractivity contribution is 7.99. The second-order valence-corrected chi connectivity index (χ2v) is 8.01. The van der Waals surface area contributed by atoms with Crippen molar-refractivity contribution in [2.75, 3.05) is 12.3 Å². The summed E-state index contributed by atoms with van der Waals surface area (Å²) >= 11 is 7.34. The van der Waals surface area contributed by atoms with Crippen LogP contribution < -0.4 is 5.56 Å². The van der Waals surface area contributed by atoms with Crippen molar-refractivity contribution in [2.45, 2.75) is 44.3 Å². The molecule has 5 nitrogen and oxygen atoms in total. The van der Waals surface area contributed by atoms with E-state index in [9.17, 15) is 9.59 Å². The second kappa shape index (κ2) is 9.43. The Balaban J connectivity index is 1.87. The number of halogens is 1. The molecule has 1 aromatic carbocycles. The highest BCUT2D eigenvalue weighted by Gasteiger charge is 2.19. The number of carbonyl (C=O) groups is 1. The van der Waals surface area contributed by atoms with E-state index in [4.69, 9.17) is 11.6 Å². The van der Waals surface area contributed by atoms with Gasteiger partial charge in [0, 0.05) is 23.8 Å². The van der Waals surface area contributed by atoms with Gasteiger partial charge in [0.05, 0.1) is 16.7 Å². The summed E-state index contributed by atoms with van der Waals surface area (Å²) in [7, 11) is 0. The van der Waals surface area contributed by atoms with Crippen LogP contribution in [0.5, 0.6) is 0 Å². The van der Waals surface area contributed by atoms with Crippen LogP contribution in [0.1, 0.15) is 32.6 Å². The Morgan fingerprint density at radius 3 is 2.93 bits per heavy atom. The molecule has 0 N–H and O–H groups in total. The normalized spacial score (nSPS) is 14.0. The lowest BCUT2D eigenvalue weighted by molar-refractivity contribution is -0.126. The maximum atomic E-state index is 12.8. The number of hydrogen-bond donors (Lipinski definition) is 0. The average Bonchev–Trinajstić information content (AvgIpc) is 2.70. The highest BCUT2D eigenvalue weighted by Crippen LogP contribution is 2.24. The number of carbonyl (C=O) groups excluding carboxylic acids is 1. The van der Waals surface area contributed by atoms with Gasteiger partial charge in [-0.3, -0.25) is 14.2 Å². The highest BCUT2D eigenvalue weighted by atomic mass is 35.5. The summed E-state index contributed by atoms with van der Waals surface area (Å²) in [6.07, 6.45) is 8.09. The molecule has 0 radical (unpaired) electrons. The lowest BCUT2D eigenvalue weighted by atomic mass is 10.0. The minimum absolute atomic E-state index is 0.0336. The quantitative estimate of drug-likeness (QED) is 0.374. The van der Waals surface area contributed by atoms with Crippen molar-refractivity contribution in [3.8, 4) is 0 Å². The van der Waals surface area contributed by atoms with Crippen molar-refractivity contribution in [3.05, 3.63) is 58.0 Å². The molecule has 0 unspecified atom stereocenters. The Bertz CT molecular complexity index is 984. The molecule has 0 bridgehead atoms. The predicted octanol–water partition coefficient (Wildman–Crippen LogP) is 4.63. The number of rotatable bonds is 7. The molecule has 1 amide bonds. The molecule has 148 valence electrons. The molecule has 1 aliphatic carbocycles. The molecule has 7 heteroatoms. The Kier molecular flexibility index (Phi) is 6.97. The molecule has 2 aromatic rings. The number of hydrogen-bond acceptors (Lipinski definition) is 4. The number of nitrogens with zero attached hydrogens (tertiary/aromatic N) is 3. The first-order valence-corrected chi connectivity index (χ1v) is 10.8. The van der Waals surface area contributed by atoms with E-state index in [1.54, 1.807) is 28.8 Å². The van der Waals surface area contributed by atoms with E-state index < -0.39 is 0 Å². The van der Waals surface area contributed by atoms with Crippen LogP contribution in [-0.2, 0) is 11.3 Å². The number of fused-ring (bicyclic) bond motifs is 1. The second-order valence-electron chi connectivity index (χ2n) is 6.63. The number of aromatic nitrogens is 2. The lowest BCUT2D eigenvalue weighted by Crippen LogP contribution is -2.32. The topological polar surface area (TPSA) is 55.2 Å². The van der Waals surface area contributed by atoms with E-state index in [1.165, 1.54) is 18.2 Å². The third-order valence-corrected chi connectivity index (χ3v) is 5.95. The molecule has 1 aromatic heterocycles. The van der Waals surface area contributed by atoms with Gasteiger partial charge in [0.15, 0.2) is 5.16 Å². The van der Waals surface area contributed by atoms with Crippen molar-refractivity contribution >= 4 is 40.2 Å². The minimum Gasteiger partial charge on any atom is -0.316 e. The zero-order valence-electron chi connectivity index (χ0n) is 16.0. The molecular formula is C21H24ClN3O2S. The standard InChI is InChI=1S/C21H24ClN3O2S/c1-3-12-25-20(27)17-11-10-15(22)13-18(17)23-21(25)28-14-19(26)24(4-2)16-8-6-5-7-9-16/h3,8,10-11,13H,1,4-7,9,12,14H2,2H3. The van der Waals surface area contributed by atoms with Crippen molar-refractivity contribution in [1.82, 2.24) is 14.5 Å². The molecule has 3 rings (SSSR count). The van der Waals surface area contributed by atoms with Gasteiger partial charge in [-0.1, -0.05) is 35.5 Å². The van der Waals surface area contributed by atoms with Gasteiger partial charge in [-0.15, -0.1) is 6.58 Å². The van der Waals surface area contributed by atoms with Crippen molar-refractivity contribution in [3.63, 3.8) is 0 Å². The molecule has 0 fully saturated rings. The Labute approximate surface area is 174 Å². The number of allylic oxidation sites excluding steroid dienone is 3. The third-order valence-electron chi connectivity index (χ3n) is 4.75. The fraction of sp³-hybridized carbons (Fsp3) is 0.381. The Hall–Kier alpha value is -2.05. The fourth-order valence-corrected chi connectivity index (χ4v) is 4.44. The van der Waals surface area contributed by atoms with Gasteiger partial charge < -0.3 is 4.90 Å². The molecule has 0 aliphatic heterocycles. The van der Waals surface area contributed by atoms with E-state index >= 15 is 0 Å². The van der Waals surface area contributed by atoms with E-state index in [-0.39, 0.29) is 17.2 Å². The van der Waals surface area contributed by atoms with Crippen LogP contribution in [0.4, 0.5) is 0 Å². The molecule has 0 atom stereocenters. The molecule has 0 saturated heterocycles. The summed E-state index contributed by atoms with van der Waals surface area (Å²) in [5.74, 6) is 0.257. The van der Waals surface area contributed by atoms with E-state index in [1.807, 2.05) is 11.8 Å². The van der Waals surface area contributed by atoms with Gasteiger partial charge in [-0.25, -0.2) is 4.98 Å². The molecule has 0 spiro atoms. The number of benzene rings is 1. The lowest BCUT2D eigenvalue weighted by Gasteiger charge is -2.26. The van der Waals surface area contributed by atoms with Crippen molar-refractivity contribution < 1.29 is 4.79 Å². The first-order valence-electron chi connectivity index (χ1n) is 9.48. The summed E-state index contributed by atoms with van der Waals surface area (Å²) in [4.78, 5) is 32.1. The SMILES string of the molecule is C=CCn1c(SCC(=O)N(CC)C2=CCCCC2)nc2cc(Cl)ccc2c1=O. The Morgan fingerprint density at radius 1 is 1.43 bits per heavy atom. The largest absolute Gasteiger partial charge is 0.316 e. The number of thioether (sulfide) groups is 1. The monoisotopic (exact) mass is 417 g/mol. The van der Waals surface area contributed by atoms with Gasteiger partial charge in [0.2, 0.25) is 5.91 Å². The summed E-state index contributed by atoms with van der Waals surface area (Å²) < 4.78 is 1.55. The molecule has 1 heterocycles. The third kappa shape index (κ3) is 4.50. The van der Waals surface area contributed by atoms with Gasteiger partial charge in [-0.2, -0.15) is 0 Å². The zero-order valence-corrected chi connectivity index (χ0v) is 17.6. The minimum atomic E-state index is -0.154. The fourth-order valence-electron chi connectivity index (χ4n) is 3.38. The van der Waals surface area contributed by atoms with Crippen molar-refractivity contribution in [1.29, 1.82) is 0 Å². The summed E-state index contributed by atoms with van der Waals surface area (Å²) in [6.45, 7) is 6.70. The molecule has 1 aliphatic rings. The van der Waals surface area contributed by atoms with E-state index in [0.29, 0.717) is 34.2 Å². The van der Waals surface area contributed by atoms with E-state index in [2.05, 4.69) is 17.6 Å². The van der Waals surface area contributed by atoms with Gasteiger partial charge >= 0.3 is 0 Å². The van der Waals surface area contributed by atoms with Crippen LogP contribution in [0.15, 0.2) is 52.6 Å². The van der Waals surface area contributed by atoms with Crippen LogP contribution in [0.25, 0.3) is 10.9 Å². The van der Waals surface area contributed by atoms with Crippen LogP contribution in [0.2, 0.25) is 5.02 Å². The first kappa shape index (κ1) is 20.7. The molecule has 28 heavy (non-hydrogen) atoms. The molecule has 0 saturated carbocycles. The maximum Gasteiger partial charge on any atom is 0.262 e. The summed E-state index contributed by atoms with van der Waals surface area (Å²) in [5, 5.41) is 1.53. The zero-order chi connectivity index (χ0) is 20.1. The van der Waals surface area contributed by atoms with Crippen LogP contribution in [0, 0.1) is 0 Å². The van der Waals surface area contributed by atoms with Crippen LogP contribution in [-0.4, -0.2) is 32.7 Å². The van der Waals surface area contributed by atoms with Crippen LogP contribution >= 0.6 is 23.4 Å². The Morgan fingerprint density at radius 2 is 2.25 bits per heavy atom. The average molecular weight is 418 g/mol. The van der Waals surface area contributed by atoms with Crippen molar-refractivity contribution in [2.24, 2.45) is 0 Å². The first-order chi connectivity index (χ1) is 13.5. The molecular weight excluding hydrogens is 394 g/mol. The smallest absolute Gasteiger partial charge is 0.262 e. The van der Waals surface area contributed by atoms with E-state index in [0.717, 1.165) is 25.0 Å². The van der Waals surface area contributed by atoms with Gasteiger partial charge in [0.1, 0.15) is 0 Å². The van der Waals surface area contributed by atoms with Crippen LogP contribution in [0.3, 0.4) is 0 Å². The van der Waals surface area contributed by atoms with Gasteiger partial charge in [-0.05, 0) is 50.8 Å². The summed E-state index contributed by atoms with van der Waals surface area (Å²) in [6, 6.07) is 5.03. The number of amides is 1. The van der Waals surface area contributed by atoms with Gasteiger partial charge in [0.25, 0.3) is 5.56 Å².